The van der Waals surface area contributed by atoms with E-state index in [4.69, 9.17) is 4.74 Å². The normalized spacial score (nSPS) is 21.5. The number of ether oxygens (including phenoxy) is 1. The van der Waals surface area contributed by atoms with E-state index in [0.29, 0.717) is 35.3 Å². The van der Waals surface area contributed by atoms with Gasteiger partial charge in [-0.15, -0.1) is 0 Å². The Morgan fingerprint density at radius 3 is 2.70 bits per heavy atom. The molecule has 4 rings (SSSR count). The number of rotatable bonds is 4. The lowest BCUT2D eigenvalue weighted by atomic mass is 9.79. The van der Waals surface area contributed by atoms with Crippen molar-refractivity contribution >= 4 is 17.7 Å². The Morgan fingerprint density at radius 2 is 2.00 bits per heavy atom. The lowest BCUT2D eigenvalue weighted by Gasteiger charge is -2.33. The Labute approximate surface area is 174 Å². The number of nitrogens with one attached hydrogen (secondary N) is 2. The molecule has 30 heavy (non-hydrogen) atoms. The Bertz CT molecular complexity index is 1050. The molecule has 2 aliphatic rings. The Kier molecular flexibility index (Phi) is 5.44. The predicted molar refractivity (Wildman–Crippen MR) is 113 cm³/mol. The number of benzene rings is 1. The second-order valence-corrected chi connectivity index (χ2v) is 7.87. The molecule has 1 amide bonds. The van der Waals surface area contributed by atoms with E-state index in [1.165, 1.54) is 0 Å². The first-order chi connectivity index (χ1) is 14.5. The van der Waals surface area contributed by atoms with Crippen LogP contribution < -0.4 is 20.5 Å². The summed E-state index contributed by atoms with van der Waals surface area (Å²) in [5.74, 6) is -0.395. The third-order valence-electron chi connectivity index (χ3n) is 5.89. The van der Waals surface area contributed by atoms with Gasteiger partial charge in [-0.25, -0.2) is 0 Å². The van der Waals surface area contributed by atoms with E-state index >= 15 is 0 Å². The van der Waals surface area contributed by atoms with Crippen molar-refractivity contribution in [3.8, 4) is 11.8 Å². The van der Waals surface area contributed by atoms with Gasteiger partial charge >= 0.3 is 0 Å². The highest BCUT2D eigenvalue weighted by atomic mass is 16.5. The summed E-state index contributed by atoms with van der Waals surface area (Å²) in [4.78, 5) is 35.4. The maximum atomic E-state index is 13.2. The second kappa shape index (κ2) is 8.19. The molecule has 2 N–H and O–H groups in total. The number of amides is 1. The first-order valence-corrected chi connectivity index (χ1v) is 10.3. The molecule has 8 nitrogen and oxygen atoms in total. The van der Waals surface area contributed by atoms with Crippen LogP contribution in [0.15, 0.2) is 29.1 Å². The van der Waals surface area contributed by atoms with Gasteiger partial charge < -0.3 is 15.0 Å². The number of carbonyl (C=O) groups is 1. The number of nitrogens with zero attached hydrogens (tertiary/aromatic N) is 3. The van der Waals surface area contributed by atoms with Gasteiger partial charge in [0.25, 0.3) is 5.56 Å². The molecule has 1 aromatic heterocycles. The summed E-state index contributed by atoms with van der Waals surface area (Å²) in [5, 5.41) is 12.4. The van der Waals surface area contributed by atoms with Gasteiger partial charge in [0.1, 0.15) is 17.5 Å². The number of fused-ring (bicyclic) bond motifs is 1. The number of H-pyrrole nitrogens is 1. The van der Waals surface area contributed by atoms with Crippen LogP contribution in [-0.2, 0) is 4.79 Å². The molecule has 0 spiro atoms. The average Bonchev–Trinajstić information content (AvgIpc) is 2.74. The van der Waals surface area contributed by atoms with Crippen LogP contribution in [-0.4, -0.2) is 35.6 Å². The molecule has 3 heterocycles. The van der Waals surface area contributed by atoms with E-state index in [0.717, 1.165) is 25.9 Å². The standard InChI is InChI=1S/C22H25N5O3/c1-3-30-16-7-5-4-6-14(16)17-15(12-23)20(28)24-19-18(17)21(29)26-22(25-19)27-10-8-13(2)9-11-27/h4-7,13,15,17H,3,8-11H2,1-2H3,(H2,24,25,26,28,29). The topological polar surface area (TPSA) is 111 Å². The minimum atomic E-state index is -1.05. The van der Waals surface area contributed by atoms with Gasteiger partial charge in [0.05, 0.1) is 18.2 Å². The monoisotopic (exact) mass is 407 g/mol. The predicted octanol–water partition coefficient (Wildman–Crippen LogP) is 2.63. The van der Waals surface area contributed by atoms with E-state index in [9.17, 15) is 14.9 Å². The van der Waals surface area contributed by atoms with E-state index in [1.807, 2.05) is 24.0 Å². The lowest BCUT2D eigenvalue weighted by Crippen LogP contribution is -2.40. The number of aromatic amines is 1. The van der Waals surface area contributed by atoms with Crippen LogP contribution in [0.2, 0.25) is 0 Å². The molecule has 156 valence electrons. The quantitative estimate of drug-likeness (QED) is 0.806. The zero-order chi connectivity index (χ0) is 21.3. The molecule has 2 aliphatic heterocycles. The number of para-hydroxylation sites is 1. The molecule has 0 aliphatic carbocycles. The lowest BCUT2D eigenvalue weighted by molar-refractivity contribution is -0.119. The minimum Gasteiger partial charge on any atom is -0.494 e. The van der Waals surface area contributed by atoms with Crippen molar-refractivity contribution in [3.05, 3.63) is 45.7 Å². The van der Waals surface area contributed by atoms with Crippen molar-refractivity contribution in [1.29, 1.82) is 5.26 Å². The zero-order valence-electron chi connectivity index (χ0n) is 17.1. The molecule has 1 saturated heterocycles. The first kappa shape index (κ1) is 20.0. The zero-order valence-corrected chi connectivity index (χ0v) is 17.1. The number of piperidine rings is 1. The summed E-state index contributed by atoms with van der Waals surface area (Å²) in [6.07, 6.45) is 2.04. The van der Waals surface area contributed by atoms with E-state index in [-0.39, 0.29) is 11.4 Å². The fourth-order valence-electron chi connectivity index (χ4n) is 4.23. The molecule has 0 bridgehead atoms. The largest absolute Gasteiger partial charge is 0.494 e. The van der Waals surface area contributed by atoms with E-state index in [1.54, 1.807) is 12.1 Å². The Hall–Kier alpha value is -3.34. The van der Waals surface area contributed by atoms with Gasteiger partial charge in [-0.1, -0.05) is 25.1 Å². The van der Waals surface area contributed by atoms with Gasteiger partial charge in [-0.05, 0) is 31.7 Å². The second-order valence-electron chi connectivity index (χ2n) is 7.87. The third kappa shape index (κ3) is 3.52. The summed E-state index contributed by atoms with van der Waals surface area (Å²) in [5.41, 5.74) is 0.585. The van der Waals surface area contributed by atoms with Crippen LogP contribution in [0, 0.1) is 23.2 Å². The summed E-state index contributed by atoms with van der Waals surface area (Å²) >= 11 is 0. The van der Waals surface area contributed by atoms with E-state index in [2.05, 4.69) is 28.3 Å². The number of anilines is 2. The van der Waals surface area contributed by atoms with Gasteiger partial charge in [-0.3, -0.25) is 14.6 Å². The third-order valence-corrected chi connectivity index (χ3v) is 5.89. The Balaban J connectivity index is 1.83. The summed E-state index contributed by atoms with van der Waals surface area (Å²) < 4.78 is 5.72. The summed E-state index contributed by atoms with van der Waals surface area (Å²) in [7, 11) is 0. The van der Waals surface area contributed by atoms with Crippen molar-refractivity contribution in [2.24, 2.45) is 11.8 Å². The minimum absolute atomic E-state index is 0.222. The number of hydrogen-bond acceptors (Lipinski definition) is 6. The van der Waals surface area contributed by atoms with Crippen LogP contribution in [0.3, 0.4) is 0 Å². The SMILES string of the molecule is CCOc1ccccc1C1c2c(nc(N3CCC(C)CC3)[nH]c2=O)NC(=O)C1C#N. The number of carbonyl (C=O) groups excluding carboxylic acids is 1. The fourth-order valence-corrected chi connectivity index (χ4v) is 4.23. The average molecular weight is 407 g/mol. The molecule has 0 saturated carbocycles. The highest BCUT2D eigenvalue weighted by Gasteiger charge is 2.41. The number of hydrogen-bond donors (Lipinski definition) is 2. The molecule has 0 radical (unpaired) electrons. The molecule has 2 aromatic rings. The maximum absolute atomic E-state index is 13.2. The van der Waals surface area contributed by atoms with Crippen LogP contribution in [0.1, 0.15) is 43.7 Å². The smallest absolute Gasteiger partial charge is 0.258 e. The fraction of sp³-hybridized carbons (Fsp3) is 0.455. The maximum Gasteiger partial charge on any atom is 0.258 e. The summed E-state index contributed by atoms with van der Waals surface area (Å²) in [6, 6.07) is 9.27. The number of nitriles is 1. The molecule has 1 fully saturated rings. The number of aromatic nitrogens is 2. The van der Waals surface area contributed by atoms with Crippen LogP contribution in [0.25, 0.3) is 0 Å². The van der Waals surface area contributed by atoms with E-state index < -0.39 is 17.7 Å². The molecule has 8 heteroatoms. The molecular weight excluding hydrogens is 382 g/mol. The highest BCUT2D eigenvalue weighted by Crippen LogP contribution is 2.41. The van der Waals surface area contributed by atoms with Crippen molar-refractivity contribution in [1.82, 2.24) is 9.97 Å². The van der Waals surface area contributed by atoms with Crippen molar-refractivity contribution in [2.45, 2.75) is 32.6 Å². The van der Waals surface area contributed by atoms with Crippen LogP contribution in [0.5, 0.6) is 5.75 Å². The highest BCUT2D eigenvalue weighted by molar-refractivity contribution is 5.98. The first-order valence-electron chi connectivity index (χ1n) is 10.3. The van der Waals surface area contributed by atoms with Crippen LogP contribution >= 0.6 is 0 Å². The van der Waals surface area contributed by atoms with Gasteiger partial charge in [0, 0.05) is 24.6 Å². The van der Waals surface area contributed by atoms with Crippen LogP contribution in [0.4, 0.5) is 11.8 Å². The molecular formula is C22H25N5O3. The molecule has 1 aromatic carbocycles. The Morgan fingerprint density at radius 1 is 1.27 bits per heavy atom. The van der Waals surface area contributed by atoms with Crippen molar-refractivity contribution < 1.29 is 9.53 Å². The molecule has 2 atom stereocenters. The summed E-state index contributed by atoms with van der Waals surface area (Å²) in [6.45, 7) is 6.10. The van der Waals surface area contributed by atoms with Gasteiger partial charge in [0.15, 0.2) is 0 Å². The van der Waals surface area contributed by atoms with Gasteiger partial charge in [-0.2, -0.15) is 10.2 Å². The van der Waals surface area contributed by atoms with Gasteiger partial charge in [0.2, 0.25) is 11.9 Å². The van der Waals surface area contributed by atoms with Crippen molar-refractivity contribution in [2.75, 3.05) is 29.9 Å². The van der Waals surface area contributed by atoms with Crippen molar-refractivity contribution in [3.63, 3.8) is 0 Å². The molecule has 2 unspecified atom stereocenters.